The van der Waals surface area contributed by atoms with E-state index >= 15 is 0 Å². The Morgan fingerprint density at radius 1 is 0.947 bits per heavy atom. The van der Waals surface area contributed by atoms with Crippen LogP contribution in [0, 0.1) is 5.41 Å². The molecule has 98 valence electrons. The molecule has 1 atom stereocenters. The molecule has 0 amide bonds. The minimum atomic E-state index is 0.0190. The van der Waals surface area contributed by atoms with Crippen LogP contribution in [0.1, 0.15) is 31.7 Å². The molecule has 0 bridgehead atoms. The van der Waals surface area contributed by atoms with Gasteiger partial charge in [-0.15, -0.1) is 11.6 Å². The molecule has 3 aromatic rings. The van der Waals surface area contributed by atoms with Crippen LogP contribution in [0.4, 0.5) is 0 Å². The van der Waals surface area contributed by atoms with Crippen molar-refractivity contribution in [3.63, 3.8) is 0 Å². The number of fused-ring (bicyclic) bond motifs is 3. The fourth-order valence-corrected chi connectivity index (χ4v) is 2.66. The van der Waals surface area contributed by atoms with E-state index in [2.05, 4.69) is 68.2 Å². The molecule has 2 heteroatoms. The van der Waals surface area contributed by atoms with Crippen LogP contribution in [0.25, 0.3) is 21.8 Å². The van der Waals surface area contributed by atoms with Gasteiger partial charge in [-0.25, -0.2) is 0 Å². The highest BCUT2D eigenvalue weighted by Crippen LogP contribution is 2.40. The van der Waals surface area contributed by atoms with Crippen LogP contribution in [-0.2, 0) is 0 Å². The number of benzene rings is 2. The van der Waals surface area contributed by atoms with Crippen molar-refractivity contribution >= 4 is 33.4 Å². The number of hydrogen-bond donors (Lipinski definition) is 1. The standard InChI is InChI=1S/C17H18ClN/c1-17(2,3)16(18)11-8-9-15-13(10-11)12-6-4-5-7-14(12)19-15/h4-10,16,19H,1-3H3. The monoisotopic (exact) mass is 271 g/mol. The Labute approximate surface area is 118 Å². The van der Waals surface area contributed by atoms with Crippen molar-refractivity contribution in [1.82, 2.24) is 4.98 Å². The van der Waals surface area contributed by atoms with Gasteiger partial charge in [0.05, 0.1) is 5.38 Å². The third-order valence-corrected chi connectivity index (χ3v) is 4.49. The number of nitrogens with one attached hydrogen (secondary N) is 1. The van der Waals surface area contributed by atoms with E-state index in [0.717, 1.165) is 0 Å². The van der Waals surface area contributed by atoms with Crippen molar-refractivity contribution in [3.8, 4) is 0 Å². The molecule has 1 N–H and O–H groups in total. The Morgan fingerprint density at radius 3 is 2.37 bits per heavy atom. The van der Waals surface area contributed by atoms with E-state index in [0.29, 0.717) is 0 Å². The van der Waals surface area contributed by atoms with Crippen molar-refractivity contribution in [1.29, 1.82) is 0 Å². The maximum Gasteiger partial charge on any atom is 0.0633 e. The van der Waals surface area contributed by atoms with E-state index in [-0.39, 0.29) is 10.8 Å². The van der Waals surface area contributed by atoms with Crippen LogP contribution in [-0.4, -0.2) is 4.98 Å². The van der Waals surface area contributed by atoms with Gasteiger partial charge in [0.1, 0.15) is 0 Å². The van der Waals surface area contributed by atoms with Crippen LogP contribution >= 0.6 is 11.6 Å². The lowest BCUT2D eigenvalue weighted by Crippen LogP contribution is -2.12. The molecule has 1 unspecified atom stereocenters. The zero-order valence-electron chi connectivity index (χ0n) is 11.5. The molecule has 0 radical (unpaired) electrons. The van der Waals surface area contributed by atoms with E-state index in [4.69, 9.17) is 11.6 Å². The molecule has 1 heterocycles. The smallest absolute Gasteiger partial charge is 0.0633 e. The second kappa shape index (κ2) is 4.28. The van der Waals surface area contributed by atoms with Gasteiger partial charge in [0.25, 0.3) is 0 Å². The molecular formula is C17H18ClN. The lowest BCUT2D eigenvalue weighted by Gasteiger charge is -2.25. The third-order valence-electron chi connectivity index (χ3n) is 3.58. The summed E-state index contributed by atoms with van der Waals surface area (Å²) < 4.78 is 0. The van der Waals surface area contributed by atoms with Crippen LogP contribution in [0.2, 0.25) is 0 Å². The minimum Gasteiger partial charge on any atom is -0.355 e. The van der Waals surface area contributed by atoms with Gasteiger partial charge >= 0.3 is 0 Å². The maximum atomic E-state index is 6.59. The number of alkyl halides is 1. The fourth-order valence-electron chi connectivity index (χ4n) is 2.52. The summed E-state index contributed by atoms with van der Waals surface area (Å²) in [5.41, 5.74) is 3.59. The second-order valence-electron chi connectivity index (χ2n) is 6.20. The predicted molar refractivity (Wildman–Crippen MR) is 83.9 cm³/mol. The number of aromatic nitrogens is 1. The molecule has 0 aliphatic carbocycles. The van der Waals surface area contributed by atoms with Crippen LogP contribution in [0.3, 0.4) is 0 Å². The first-order valence-electron chi connectivity index (χ1n) is 6.61. The van der Waals surface area contributed by atoms with Crippen molar-refractivity contribution in [2.75, 3.05) is 0 Å². The highest BCUT2D eigenvalue weighted by molar-refractivity contribution is 6.21. The van der Waals surface area contributed by atoms with E-state index in [9.17, 15) is 0 Å². The van der Waals surface area contributed by atoms with Gasteiger partial charge in [-0.3, -0.25) is 0 Å². The average molecular weight is 272 g/mol. The SMILES string of the molecule is CC(C)(C)C(Cl)c1ccc2[nH]c3ccccc3c2c1. The number of para-hydroxylation sites is 1. The van der Waals surface area contributed by atoms with E-state index in [1.165, 1.54) is 27.4 Å². The van der Waals surface area contributed by atoms with Crippen LogP contribution in [0.5, 0.6) is 0 Å². The first-order valence-corrected chi connectivity index (χ1v) is 7.05. The van der Waals surface area contributed by atoms with Crippen LogP contribution < -0.4 is 0 Å². The van der Waals surface area contributed by atoms with E-state index in [1.807, 2.05) is 0 Å². The van der Waals surface area contributed by atoms with E-state index < -0.39 is 0 Å². The van der Waals surface area contributed by atoms with E-state index in [1.54, 1.807) is 0 Å². The van der Waals surface area contributed by atoms with Gasteiger partial charge < -0.3 is 4.98 Å². The van der Waals surface area contributed by atoms with Gasteiger partial charge in [-0.1, -0.05) is 45.0 Å². The molecule has 0 fully saturated rings. The van der Waals surface area contributed by atoms with Gasteiger partial charge in [-0.2, -0.15) is 0 Å². The summed E-state index contributed by atoms with van der Waals surface area (Å²) in [5.74, 6) is 0. The zero-order valence-corrected chi connectivity index (χ0v) is 12.3. The molecule has 0 aliphatic rings. The summed E-state index contributed by atoms with van der Waals surface area (Å²) in [4.78, 5) is 3.44. The van der Waals surface area contributed by atoms with Crippen molar-refractivity contribution < 1.29 is 0 Å². The summed E-state index contributed by atoms with van der Waals surface area (Å²) >= 11 is 6.59. The highest BCUT2D eigenvalue weighted by atomic mass is 35.5. The Kier molecular flexibility index (Phi) is 2.83. The molecule has 19 heavy (non-hydrogen) atoms. The largest absolute Gasteiger partial charge is 0.355 e. The second-order valence-corrected chi connectivity index (χ2v) is 6.64. The fraction of sp³-hybridized carbons (Fsp3) is 0.294. The number of H-pyrrole nitrogens is 1. The molecular weight excluding hydrogens is 254 g/mol. The summed E-state index contributed by atoms with van der Waals surface area (Å²) in [6.45, 7) is 6.51. The molecule has 1 aromatic heterocycles. The zero-order chi connectivity index (χ0) is 13.6. The quantitative estimate of drug-likeness (QED) is 0.551. The summed E-state index contributed by atoms with van der Waals surface area (Å²) in [6, 6.07) is 14.9. The average Bonchev–Trinajstić information content (AvgIpc) is 2.74. The summed E-state index contributed by atoms with van der Waals surface area (Å²) in [6.07, 6.45) is 0. The van der Waals surface area contributed by atoms with Gasteiger partial charge in [0, 0.05) is 21.8 Å². The Morgan fingerprint density at radius 2 is 1.63 bits per heavy atom. The first-order chi connectivity index (χ1) is 8.97. The number of halogens is 1. The maximum absolute atomic E-state index is 6.59. The normalized spacial score (nSPS) is 14.1. The first kappa shape index (κ1) is 12.6. The molecule has 3 rings (SSSR count). The van der Waals surface area contributed by atoms with Crippen LogP contribution in [0.15, 0.2) is 42.5 Å². The lowest BCUT2D eigenvalue weighted by molar-refractivity contribution is 0.396. The van der Waals surface area contributed by atoms with Crippen molar-refractivity contribution in [2.24, 2.45) is 5.41 Å². The number of hydrogen-bond acceptors (Lipinski definition) is 0. The van der Waals surface area contributed by atoms with Crippen molar-refractivity contribution in [2.45, 2.75) is 26.1 Å². The number of rotatable bonds is 1. The van der Waals surface area contributed by atoms with Gasteiger partial charge in [-0.05, 0) is 29.2 Å². The molecule has 2 aromatic carbocycles. The summed E-state index contributed by atoms with van der Waals surface area (Å²) in [7, 11) is 0. The topological polar surface area (TPSA) is 15.8 Å². The molecule has 0 saturated carbocycles. The molecule has 0 spiro atoms. The van der Waals surface area contributed by atoms with Crippen molar-refractivity contribution in [3.05, 3.63) is 48.0 Å². The number of aromatic amines is 1. The predicted octanol–water partition coefficient (Wildman–Crippen LogP) is 5.65. The summed E-state index contributed by atoms with van der Waals surface area (Å²) in [5, 5.41) is 2.53. The Balaban J connectivity index is 2.22. The molecule has 0 saturated heterocycles. The van der Waals surface area contributed by atoms with Gasteiger partial charge in [0.15, 0.2) is 0 Å². The molecule has 0 aliphatic heterocycles. The highest BCUT2D eigenvalue weighted by Gasteiger charge is 2.24. The Bertz CT molecular complexity index is 734. The van der Waals surface area contributed by atoms with Gasteiger partial charge in [0.2, 0.25) is 0 Å². The minimum absolute atomic E-state index is 0.0190. The Hall–Kier alpha value is -1.47. The third kappa shape index (κ3) is 2.12. The lowest BCUT2D eigenvalue weighted by atomic mass is 9.87. The molecule has 1 nitrogen and oxygen atoms in total.